The molecule has 0 atom stereocenters. The molecular weight excluding hydrogens is 251 g/mol. The highest BCUT2D eigenvalue weighted by Gasteiger charge is 1.99. The number of nitrogens with two attached hydrogens (primary N) is 1. The topological polar surface area (TPSA) is 38.4 Å². The van der Waals surface area contributed by atoms with E-state index >= 15 is 0 Å². The highest BCUT2D eigenvalue weighted by Crippen LogP contribution is 2.27. The molecule has 0 unspecified atom stereocenters. The summed E-state index contributed by atoms with van der Waals surface area (Å²) in [6, 6.07) is 5.51. The Labute approximate surface area is 90.9 Å². The van der Waals surface area contributed by atoms with Crippen LogP contribution in [0.2, 0.25) is 5.02 Å². The van der Waals surface area contributed by atoms with Gasteiger partial charge in [-0.3, -0.25) is 0 Å². The van der Waals surface area contributed by atoms with Crippen LogP contribution in [0.4, 0.5) is 5.69 Å². The third-order valence-electron chi connectivity index (χ3n) is 1.54. The second-order valence-corrected chi connectivity index (χ2v) is 3.88. The fourth-order valence-electron chi connectivity index (χ4n) is 0.806. The van der Waals surface area contributed by atoms with Crippen LogP contribution in [0.25, 0.3) is 0 Å². The summed E-state index contributed by atoms with van der Waals surface area (Å²) >= 11 is 9.25. The van der Waals surface area contributed by atoms with E-state index in [9.17, 15) is 0 Å². The Bertz CT molecular complexity index is 336. The van der Waals surface area contributed by atoms with E-state index in [1.54, 1.807) is 6.07 Å². The van der Waals surface area contributed by atoms with Crippen molar-refractivity contribution in [2.75, 3.05) is 0 Å². The van der Waals surface area contributed by atoms with Crippen molar-refractivity contribution >= 4 is 39.1 Å². The molecule has 0 aliphatic carbocycles. The summed E-state index contributed by atoms with van der Waals surface area (Å²) in [6.45, 7) is 1.95. The predicted molar refractivity (Wildman–Crippen MR) is 60.7 cm³/mol. The van der Waals surface area contributed by atoms with Crippen LogP contribution in [-0.2, 0) is 0 Å². The molecule has 0 aromatic heterocycles. The van der Waals surface area contributed by atoms with Crippen molar-refractivity contribution in [2.24, 2.45) is 10.7 Å². The first kappa shape index (κ1) is 10.5. The van der Waals surface area contributed by atoms with Gasteiger partial charge in [0.2, 0.25) is 0 Å². The Morgan fingerprint density at radius 3 is 2.85 bits per heavy atom. The lowest BCUT2D eigenvalue weighted by Crippen LogP contribution is -2.08. The van der Waals surface area contributed by atoms with Crippen molar-refractivity contribution < 1.29 is 0 Å². The van der Waals surface area contributed by atoms with Gasteiger partial charge in [-0.2, -0.15) is 0 Å². The number of hydrogen-bond acceptors (Lipinski definition) is 1. The Kier molecular flexibility index (Phi) is 3.75. The highest BCUT2D eigenvalue weighted by atomic mass is 79.9. The van der Waals surface area contributed by atoms with Gasteiger partial charge in [-0.25, -0.2) is 4.99 Å². The van der Waals surface area contributed by atoms with Gasteiger partial charge in [0.15, 0.2) is 0 Å². The van der Waals surface area contributed by atoms with E-state index in [0.29, 0.717) is 16.5 Å². The molecule has 13 heavy (non-hydrogen) atoms. The van der Waals surface area contributed by atoms with Crippen LogP contribution in [0, 0.1) is 0 Å². The van der Waals surface area contributed by atoms with Crippen LogP contribution in [0.5, 0.6) is 0 Å². The highest BCUT2D eigenvalue weighted by molar-refractivity contribution is 9.10. The Morgan fingerprint density at radius 2 is 2.31 bits per heavy atom. The van der Waals surface area contributed by atoms with Crippen molar-refractivity contribution in [3.63, 3.8) is 0 Å². The molecule has 0 amide bonds. The third kappa shape index (κ3) is 3.01. The summed E-state index contributed by atoms with van der Waals surface area (Å²) in [7, 11) is 0. The zero-order valence-corrected chi connectivity index (χ0v) is 9.56. The molecule has 1 aromatic carbocycles. The van der Waals surface area contributed by atoms with Gasteiger partial charge in [0, 0.05) is 10.9 Å². The molecule has 0 bridgehead atoms. The van der Waals surface area contributed by atoms with Crippen LogP contribution < -0.4 is 5.73 Å². The Morgan fingerprint density at radius 1 is 1.62 bits per heavy atom. The summed E-state index contributed by atoms with van der Waals surface area (Å²) in [5, 5.41) is 0.603. The average Bonchev–Trinajstić information content (AvgIpc) is 2.09. The van der Waals surface area contributed by atoms with Crippen molar-refractivity contribution in [3.05, 3.63) is 27.7 Å². The first-order valence-corrected chi connectivity index (χ1v) is 5.08. The summed E-state index contributed by atoms with van der Waals surface area (Å²) in [5.41, 5.74) is 6.30. The second kappa shape index (κ2) is 4.63. The number of halogens is 2. The SMILES string of the molecule is CCC(N)=Nc1ccc(Br)cc1Cl. The van der Waals surface area contributed by atoms with E-state index < -0.39 is 0 Å². The quantitative estimate of drug-likeness (QED) is 0.642. The van der Waals surface area contributed by atoms with E-state index in [1.807, 2.05) is 19.1 Å². The molecule has 0 heterocycles. The lowest BCUT2D eigenvalue weighted by Gasteiger charge is -2.00. The number of rotatable bonds is 2. The van der Waals surface area contributed by atoms with Gasteiger partial charge in [0.05, 0.1) is 16.5 Å². The second-order valence-electron chi connectivity index (χ2n) is 2.55. The monoisotopic (exact) mass is 260 g/mol. The van der Waals surface area contributed by atoms with Gasteiger partial charge in [-0.05, 0) is 18.2 Å². The van der Waals surface area contributed by atoms with E-state index in [-0.39, 0.29) is 0 Å². The van der Waals surface area contributed by atoms with E-state index in [0.717, 1.165) is 10.9 Å². The van der Waals surface area contributed by atoms with Crippen LogP contribution in [0.1, 0.15) is 13.3 Å². The molecule has 0 saturated heterocycles. The molecule has 0 fully saturated rings. The lowest BCUT2D eigenvalue weighted by molar-refractivity contribution is 1.24. The molecule has 0 radical (unpaired) electrons. The molecule has 0 aliphatic heterocycles. The summed E-state index contributed by atoms with van der Waals surface area (Å²) in [6.07, 6.45) is 0.729. The van der Waals surface area contributed by atoms with Crippen LogP contribution in [0.3, 0.4) is 0 Å². The Balaban J connectivity index is 3.03. The lowest BCUT2D eigenvalue weighted by atomic mass is 10.3. The van der Waals surface area contributed by atoms with Gasteiger partial charge >= 0.3 is 0 Å². The zero-order valence-electron chi connectivity index (χ0n) is 7.22. The molecule has 2 nitrogen and oxygen atoms in total. The van der Waals surface area contributed by atoms with Gasteiger partial charge in [0.25, 0.3) is 0 Å². The standard InChI is InChI=1S/C9H10BrClN2/c1-2-9(12)13-8-4-3-6(10)5-7(8)11/h3-5H,2H2,1H3,(H2,12,13). The predicted octanol–water partition coefficient (Wildman–Crippen LogP) is 3.50. The molecule has 70 valence electrons. The molecule has 0 aliphatic rings. The zero-order chi connectivity index (χ0) is 9.84. The maximum atomic E-state index is 5.94. The minimum Gasteiger partial charge on any atom is -0.387 e. The van der Waals surface area contributed by atoms with E-state index in [1.165, 1.54) is 0 Å². The molecule has 1 rings (SSSR count). The van der Waals surface area contributed by atoms with Gasteiger partial charge in [0.1, 0.15) is 0 Å². The number of hydrogen-bond donors (Lipinski definition) is 1. The summed E-state index contributed by atoms with van der Waals surface area (Å²) in [4.78, 5) is 4.16. The molecule has 0 saturated carbocycles. The van der Waals surface area contributed by atoms with Crippen LogP contribution in [-0.4, -0.2) is 5.84 Å². The van der Waals surface area contributed by atoms with Crippen molar-refractivity contribution in [1.29, 1.82) is 0 Å². The number of aliphatic imine (C=N–C) groups is 1. The van der Waals surface area contributed by atoms with Crippen molar-refractivity contribution in [1.82, 2.24) is 0 Å². The minimum absolute atomic E-state index is 0.587. The third-order valence-corrected chi connectivity index (χ3v) is 2.33. The number of amidine groups is 1. The number of benzene rings is 1. The normalized spacial score (nSPS) is 11.8. The largest absolute Gasteiger partial charge is 0.387 e. The molecule has 2 N–H and O–H groups in total. The maximum Gasteiger partial charge on any atom is 0.0994 e. The summed E-state index contributed by atoms with van der Waals surface area (Å²) < 4.78 is 0.937. The molecule has 1 aromatic rings. The van der Waals surface area contributed by atoms with E-state index in [2.05, 4.69) is 20.9 Å². The first-order chi connectivity index (χ1) is 6.13. The first-order valence-electron chi connectivity index (χ1n) is 3.91. The Hall–Kier alpha value is -0.540. The molecular formula is C9H10BrClN2. The van der Waals surface area contributed by atoms with E-state index in [4.69, 9.17) is 17.3 Å². The van der Waals surface area contributed by atoms with Crippen molar-refractivity contribution in [3.8, 4) is 0 Å². The molecule has 0 spiro atoms. The summed E-state index contributed by atoms with van der Waals surface area (Å²) in [5.74, 6) is 0.587. The minimum atomic E-state index is 0.587. The maximum absolute atomic E-state index is 5.94. The van der Waals surface area contributed by atoms with Gasteiger partial charge in [-0.15, -0.1) is 0 Å². The van der Waals surface area contributed by atoms with Crippen LogP contribution >= 0.6 is 27.5 Å². The van der Waals surface area contributed by atoms with Crippen molar-refractivity contribution in [2.45, 2.75) is 13.3 Å². The molecule has 4 heteroatoms. The fraction of sp³-hybridized carbons (Fsp3) is 0.222. The fourth-order valence-corrected chi connectivity index (χ4v) is 1.52. The van der Waals surface area contributed by atoms with Gasteiger partial charge < -0.3 is 5.73 Å². The smallest absolute Gasteiger partial charge is 0.0994 e. The van der Waals surface area contributed by atoms with Gasteiger partial charge in [-0.1, -0.05) is 34.5 Å². The van der Waals surface area contributed by atoms with Crippen LogP contribution in [0.15, 0.2) is 27.7 Å². The number of nitrogens with zero attached hydrogens (tertiary/aromatic N) is 1. The average molecular weight is 262 g/mol.